The number of carbonyl (C=O) groups is 1. The third-order valence-corrected chi connectivity index (χ3v) is 6.41. The molecule has 1 amide bonds. The van der Waals surface area contributed by atoms with Crippen molar-refractivity contribution in [3.63, 3.8) is 0 Å². The molecule has 0 unspecified atom stereocenters. The van der Waals surface area contributed by atoms with Crippen LogP contribution in [0.1, 0.15) is 42.8 Å². The van der Waals surface area contributed by atoms with Crippen LogP contribution in [0.5, 0.6) is 0 Å². The van der Waals surface area contributed by atoms with Crippen LogP contribution in [0.2, 0.25) is 0 Å². The first-order chi connectivity index (χ1) is 14.3. The third-order valence-electron chi connectivity index (χ3n) is 6.41. The van der Waals surface area contributed by atoms with Crippen LogP contribution in [-0.4, -0.2) is 75.2 Å². The number of nitrogens with zero attached hydrogens (tertiary/aromatic N) is 6. The maximum absolute atomic E-state index is 12.9. The van der Waals surface area contributed by atoms with Crippen molar-refractivity contribution in [2.45, 2.75) is 46.5 Å². The summed E-state index contributed by atoms with van der Waals surface area (Å²) < 4.78 is 1.63. The molecule has 162 valence electrons. The van der Waals surface area contributed by atoms with E-state index in [9.17, 15) is 4.79 Å². The Morgan fingerprint density at radius 2 is 1.73 bits per heavy atom. The SMILES string of the molecule is Cc1cc(C)nc(-n2nc(C)cc2NC(=O)CN2CCCC3(CCN(C)CC3)C2)n1. The fourth-order valence-corrected chi connectivity index (χ4v) is 4.87. The molecule has 0 radical (unpaired) electrons. The Morgan fingerprint density at radius 3 is 2.43 bits per heavy atom. The van der Waals surface area contributed by atoms with Gasteiger partial charge in [0.25, 0.3) is 5.95 Å². The first-order valence-corrected chi connectivity index (χ1v) is 10.9. The Bertz CT molecular complexity index is 894. The molecule has 2 aliphatic heterocycles. The van der Waals surface area contributed by atoms with E-state index in [1.165, 1.54) is 25.7 Å². The molecule has 0 aliphatic carbocycles. The van der Waals surface area contributed by atoms with Gasteiger partial charge in [0.15, 0.2) is 0 Å². The average Bonchev–Trinajstić information content (AvgIpc) is 3.04. The van der Waals surface area contributed by atoms with Gasteiger partial charge in [-0.2, -0.15) is 9.78 Å². The molecule has 4 heterocycles. The third kappa shape index (κ3) is 4.70. The van der Waals surface area contributed by atoms with Crippen LogP contribution in [0.3, 0.4) is 0 Å². The van der Waals surface area contributed by atoms with E-state index >= 15 is 0 Å². The fraction of sp³-hybridized carbons (Fsp3) is 0.636. The molecule has 2 aromatic heterocycles. The summed E-state index contributed by atoms with van der Waals surface area (Å²) in [6.07, 6.45) is 4.93. The predicted octanol–water partition coefficient (Wildman–Crippen LogP) is 2.33. The second-order valence-electron chi connectivity index (χ2n) is 9.20. The van der Waals surface area contributed by atoms with Gasteiger partial charge >= 0.3 is 0 Å². The summed E-state index contributed by atoms with van der Waals surface area (Å²) in [5.74, 6) is 1.10. The standard InChI is InChI=1S/C22H33N7O/c1-16-12-17(2)24-21(23-16)29-19(13-18(3)26-29)25-20(30)14-28-9-5-6-22(15-28)7-10-27(4)11-8-22/h12-13H,5-11,14-15H2,1-4H3,(H,25,30). The van der Waals surface area contributed by atoms with Crippen LogP contribution in [0.15, 0.2) is 12.1 Å². The normalized spacial score (nSPS) is 19.9. The number of carbonyl (C=O) groups excluding carboxylic acids is 1. The van der Waals surface area contributed by atoms with Gasteiger partial charge in [0.05, 0.1) is 12.2 Å². The van der Waals surface area contributed by atoms with Crippen molar-refractivity contribution < 1.29 is 4.79 Å². The van der Waals surface area contributed by atoms with Crippen LogP contribution in [0.4, 0.5) is 5.82 Å². The lowest BCUT2D eigenvalue weighted by Crippen LogP contribution is -2.50. The highest BCUT2D eigenvalue weighted by Gasteiger charge is 2.38. The summed E-state index contributed by atoms with van der Waals surface area (Å²) >= 11 is 0. The highest BCUT2D eigenvalue weighted by molar-refractivity contribution is 5.91. The van der Waals surface area contributed by atoms with Gasteiger partial charge in [0.2, 0.25) is 5.91 Å². The number of aryl methyl sites for hydroxylation is 3. The highest BCUT2D eigenvalue weighted by Crippen LogP contribution is 2.39. The second kappa shape index (κ2) is 8.43. The van der Waals surface area contributed by atoms with Gasteiger partial charge in [-0.15, -0.1) is 0 Å². The number of aromatic nitrogens is 4. The number of piperidine rings is 2. The van der Waals surface area contributed by atoms with Crippen LogP contribution < -0.4 is 5.32 Å². The van der Waals surface area contributed by atoms with Crippen LogP contribution in [0.25, 0.3) is 5.95 Å². The highest BCUT2D eigenvalue weighted by atomic mass is 16.2. The molecule has 2 fully saturated rings. The molecule has 2 saturated heterocycles. The smallest absolute Gasteiger partial charge is 0.252 e. The molecular formula is C22H33N7O. The van der Waals surface area contributed by atoms with Gasteiger partial charge in [-0.1, -0.05) is 0 Å². The van der Waals surface area contributed by atoms with Gasteiger partial charge in [-0.3, -0.25) is 9.69 Å². The number of likely N-dealkylation sites (tertiary alicyclic amines) is 2. The zero-order valence-electron chi connectivity index (χ0n) is 18.6. The molecule has 0 atom stereocenters. The van der Waals surface area contributed by atoms with Gasteiger partial charge < -0.3 is 10.2 Å². The maximum Gasteiger partial charge on any atom is 0.252 e. The number of hydrogen-bond donors (Lipinski definition) is 1. The van der Waals surface area contributed by atoms with Gasteiger partial charge in [0, 0.05) is 24.0 Å². The van der Waals surface area contributed by atoms with E-state index in [1.54, 1.807) is 4.68 Å². The molecule has 30 heavy (non-hydrogen) atoms. The number of amides is 1. The molecule has 8 nitrogen and oxygen atoms in total. The molecule has 1 spiro atoms. The molecule has 2 aromatic rings. The number of anilines is 1. The molecule has 0 saturated carbocycles. The van der Waals surface area contributed by atoms with Gasteiger partial charge in [0.1, 0.15) is 5.82 Å². The Morgan fingerprint density at radius 1 is 1.03 bits per heavy atom. The lowest BCUT2D eigenvalue weighted by molar-refractivity contribution is -0.118. The summed E-state index contributed by atoms with van der Waals surface area (Å²) in [4.78, 5) is 26.6. The Labute approximate surface area is 178 Å². The average molecular weight is 412 g/mol. The summed E-state index contributed by atoms with van der Waals surface area (Å²) in [5.41, 5.74) is 2.95. The molecular weight excluding hydrogens is 378 g/mol. The van der Waals surface area contributed by atoms with E-state index in [4.69, 9.17) is 0 Å². The van der Waals surface area contributed by atoms with E-state index in [-0.39, 0.29) is 5.91 Å². The molecule has 2 aliphatic rings. The number of nitrogens with one attached hydrogen (secondary N) is 1. The van der Waals surface area contributed by atoms with Crippen LogP contribution >= 0.6 is 0 Å². The maximum atomic E-state index is 12.9. The van der Waals surface area contributed by atoms with Crippen molar-refractivity contribution in [2.24, 2.45) is 5.41 Å². The summed E-state index contributed by atoms with van der Waals surface area (Å²) in [6, 6.07) is 3.79. The molecule has 8 heteroatoms. The molecule has 4 rings (SSSR count). The Kier molecular flexibility index (Phi) is 5.88. The van der Waals surface area contributed by atoms with Crippen molar-refractivity contribution >= 4 is 11.7 Å². The van der Waals surface area contributed by atoms with E-state index < -0.39 is 0 Å². The lowest BCUT2D eigenvalue weighted by atomic mass is 9.72. The molecule has 1 N–H and O–H groups in total. The minimum absolute atomic E-state index is 0.00879. The quantitative estimate of drug-likeness (QED) is 0.832. The first-order valence-electron chi connectivity index (χ1n) is 10.9. The number of hydrogen-bond acceptors (Lipinski definition) is 6. The Hall–Kier alpha value is -2.32. The first kappa shape index (κ1) is 20.9. The van der Waals surface area contributed by atoms with E-state index in [0.717, 1.165) is 43.3 Å². The zero-order valence-corrected chi connectivity index (χ0v) is 18.6. The van der Waals surface area contributed by atoms with Crippen molar-refractivity contribution in [2.75, 3.05) is 45.1 Å². The van der Waals surface area contributed by atoms with Crippen molar-refractivity contribution in [3.8, 4) is 5.95 Å². The fourth-order valence-electron chi connectivity index (χ4n) is 4.87. The summed E-state index contributed by atoms with van der Waals surface area (Å²) in [6.45, 7) is 10.5. The predicted molar refractivity (Wildman–Crippen MR) is 117 cm³/mol. The van der Waals surface area contributed by atoms with Crippen molar-refractivity contribution in [1.82, 2.24) is 29.5 Å². The zero-order chi connectivity index (χ0) is 21.3. The van der Waals surface area contributed by atoms with Crippen molar-refractivity contribution in [1.29, 1.82) is 0 Å². The largest absolute Gasteiger partial charge is 0.309 e. The van der Waals surface area contributed by atoms with E-state index in [0.29, 0.717) is 23.7 Å². The van der Waals surface area contributed by atoms with Crippen LogP contribution in [-0.2, 0) is 4.79 Å². The van der Waals surface area contributed by atoms with E-state index in [2.05, 4.69) is 37.2 Å². The van der Waals surface area contributed by atoms with E-state index in [1.807, 2.05) is 32.9 Å². The molecule has 0 bridgehead atoms. The number of rotatable bonds is 4. The van der Waals surface area contributed by atoms with Gasteiger partial charge in [-0.05, 0) is 84.6 Å². The second-order valence-corrected chi connectivity index (χ2v) is 9.20. The summed E-state index contributed by atoms with van der Waals surface area (Å²) in [5, 5.41) is 7.54. The Balaban J connectivity index is 1.43. The topological polar surface area (TPSA) is 79.2 Å². The van der Waals surface area contributed by atoms with Crippen molar-refractivity contribution in [3.05, 3.63) is 29.2 Å². The summed E-state index contributed by atoms with van der Waals surface area (Å²) in [7, 11) is 2.20. The lowest BCUT2D eigenvalue weighted by Gasteiger charge is -2.47. The van der Waals surface area contributed by atoms with Gasteiger partial charge in [-0.25, -0.2) is 9.97 Å². The van der Waals surface area contributed by atoms with Crippen LogP contribution in [0, 0.1) is 26.2 Å². The minimum Gasteiger partial charge on any atom is -0.309 e. The molecule has 0 aromatic carbocycles. The monoisotopic (exact) mass is 411 g/mol. The minimum atomic E-state index is -0.00879.